The quantitative estimate of drug-likeness (QED) is 0.778. The molecule has 1 unspecified atom stereocenters. The van der Waals surface area contributed by atoms with Crippen LogP contribution in [0, 0.1) is 12.7 Å². The van der Waals surface area contributed by atoms with E-state index in [0.717, 1.165) is 5.56 Å². The highest BCUT2D eigenvalue weighted by atomic mass is 19.1. The first kappa shape index (κ1) is 20.1. The molecule has 2 aliphatic rings. The van der Waals surface area contributed by atoms with Crippen LogP contribution in [0.4, 0.5) is 4.39 Å². The molecule has 2 aromatic rings. The molecule has 3 heterocycles. The van der Waals surface area contributed by atoms with Crippen molar-refractivity contribution in [3.8, 4) is 5.75 Å². The molecule has 2 N–H and O–H groups in total. The monoisotopic (exact) mass is 414 g/mol. The Morgan fingerprint density at radius 3 is 2.77 bits per heavy atom. The van der Waals surface area contributed by atoms with Crippen molar-refractivity contribution in [2.24, 2.45) is 0 Å². The highest BCUT2D eigenvalue weighted by molar-refractivity contribution is 5.99. The number of likely N-dealkylation sites (N-methyl/N-ethyl adjacent to an activating group) is 1. The van der Waals surface area contributed by atoms with E-state index in [-0.39, 0.29) is 29.4 Å². The number of amides is 2. The van der Waals surface area contributed by atoms with Gasteiger partial charge in [0, 0.05) is 44.5 Å². The van der Waals surface area contributed by atoms with Crippen LogP contribution >= 0.6 is 0 Å². The minimum atomic E-state index is -0.912. The molecule has 0 radical (unpaired) electrons. The summed E-state index contributed by atoms with van der Waals surface area (Å²) in [7, 11) is 1.93. The molecule has 0 saturated carbocycles. The van der Waals surface area contributed by atoms with Gasteiger partial charge in [0.15, 0.2) is 11.4 Å². The fraction of sp³-hybridized carbons (Fsp3) is 0.381. The Bertz CT molecular complexity index is 1100. The SMILES string of the molecule is Cc1ccc(CNC(=O)c2cn3c(c(O)c2=O)C(=O)N2CCN(C)CC3C2)c(F)c1. The summed E-state index contributed by atoms with van der Waals surface area (Å²) in [5.41, 5.74) is -0.241. The Hall–Kier alpha value is -3.20. The van der Waals surface area contributed by atoms with Gasteiger partial charge >= 0.3 is 0 Å². The van der Waals surface area contributed by atoms with Crippen LogP contribution in [0.5, 0.6) is 5.75 Å². The lowest BCUT2D eigenvalue weighted by Gasteiger charge is -2.34. The maximum atomic E-state index is 14.0. The van der Waals surface area contributed by atoms with Crippen molar-refractivity contribution in [3.63, 3.8) is 0 Å². The molecule has 0 aliphatic carbocycles. The number of carbonyl (C=O) groups excluding carboxylic acids is 2. The summed E-state index contributed by atoms with van der Waals surface area (Å²) in [6.45, 7) is 3.88. The molecule has 2 bridgehead atoms. The molecule has 30 heavy (non-hydrogen) atoms. The lowest BCUT2D eigenvalue weighted by Crippen LogP contribution is -2.45. The predicted molar refractivity (Wildman–Crippen MR) is 107 cm³/mol. The van der Waals surface area contributed by atoms with E-state index in [1.54, 1.807) is 24.0 Å². The first-order valence-corrected chi connectivity index (χ1v) is 9.75. The van der Waals surface area contributed by atoms with E-state index in [0.29, 0.717) is 26.2 Å². The number of aromatic nitrogens is 1. The molecule has 1 aromatic heterocycles. The van der Waals surface area contributed by atoms with Crippen LogP contribution < -0.4 is 10.7 Å². The summed E-state index contributed by atoms with van der Waals surface area (Å²) in [6, 6.07) is 4.46. The molecule has 2 amide bonds. The molecule has 0 spiro atoms. The number of aromatic hydroxyl groups is 1. The van der Waals surface area contributed by atoms with Crippen molar-refractivity contribution < 1.29 is 19.1 Å². The average molecular weight is 414 g/mol. The van der Waals surface area contributed by atoms with Crippen molar-refractivity contribution >= 4 is 11.8 Å². The summed E-state index contributed by atoms with van der Waals surface area (Å²) in [4.78, 5) is 41.8. The molecular weight excluding hydrogens is 391 g/mol. The molecule has 8 nitrogen and oxygen atoms in total. The lowest BCUT2D eigenvalue weighted by molar-refractivity contribution is 0.0685. The van der Waals surface area contributed by atoms with Gasteiger partial charge in [-0.05, 0) is 25.6 Å². The second-order valence-electron chi connectivity index (χ2n) is 7.92. The number of carbonyl (C=O) groups is 2. The van der Waals surface area contributed by atoms with E-state index >= 15 is 0 Å². The van der Waals surface area contributed by atoms with Crippen LogP contribution in [-0.4, -0.2) is 64.5 Å². The fourth-order valence-corrected chi connectivity index (χ4v) is 4.00. The zero-order valence-electron chi connectivity index (χ0n) is 16.8. The van der Waals surface area contributed by atoms with Gasteiger partial charge in [-0.15, -0.1) is 0 Å². The molecule has 158 valence electrons. The number of nitrogens with one attached hydrogen (secondary N) is 1. The summed E-state index contributed by atoms with van der Waals surface area (Å²) in [5.74, 6) is -2.34. The first-order chi connectivity index (χ1) is 14.3. The average Bonchev–Trinajstić information content (AvgIpc) is 2.87. The van der Waals surface area contributed by atoms with Gasteiger partial charge < -0.3 is 24.8 Å². The van der Waals surface area contributed by atoms with E-state index in [4.69, 9.17) is 0 Å². The number of rotatable bonds is 3. The van der Waals surface area contributed by atoms with Crippen molar-refractivity contribution in [1.82, 2.24) is 19.7 Å². The van der Waals surface area contributed by atoms with Crippen molar-refractivity contribution in [2.75, 3.05) is 33.2 Å². The van der Waals surface area contributed by atoms with Gasteiger partial charge in [0.05, 0.1) is 6.04 Å². The van der Waals surface area contributed by atoms with Gasteiger partial charge in [0.2, 0.25) is 5.43 Å². The van der Waals surface area contributed by atoms with Gasteiger partial charge in [-0.25, -0.2) is 4.39 Å². The van der Waals surface area contributed by atoms with Crippen LogP contribution in [0.15, 0.2) is 29.2 Å². The number of fused-ring (bicyclic) bond motifs is 4. The Morgan fingerprint density at radius 2 is 2.03 bits per heavy atom. The highest BCUT2D eigenvalue weighted by Crippen LogP contribution is 2.28. The third-order valence-corrected chi connectivity index (χ3v) is 5.69. The number of hydrogen-bond donors (Lipinski definition) is 2. The van der Waals surface area contributed by atoms with Crippen molar-refractivity contribution in [3.05, 3.63) is 62.8 Å². The Labute approximate surface area is 172 Å². The Morgan fingerprint density at radius 1 is 1.27 bits per heavy atom. The third kappa shape index (κ3) is 3.45. The number of aryl methyl sites for hydroxylation is 1. The molecule has 1 atom stereocenters. The molecule has 1 aromatic carbocycles. The Balaban J connectivity index is 1.67. The summed E-state index contributed by atoms with van der Waals surface area (Å²) in [5, 5.41) is 13.0. The molecule has 2 aliphatic heterocycles. The number of benzene rings is 1. The summed E-state index contributed by atoms with van der Waals surface area (Å²) >= 11 is 0. The third-order valence-electron chi connectivity index (χ3n) is 5.69. The zero-order valence-corrected chi connectivity index (χ0v) is 16.8. The topological polar surface area (TPSA) is 94.9 Å². The number of pyridine rings is 1. The van der Waals surface area contributed by atoms with E-state index < -0.39 is 28.8 Å². The molecular formula is C21H23FN4O4. The van der Waals surface area contributed by atoms with Crippen LogP contribution in [0.1, 0.15) is 38.0 Å². The van der Waals surface area contributed by atoms with Crippen LogP contribution in [0.2, 0.25) is 0 Å². The number of nitrogens with zero attached hydrogens (tertiary/aromatic N) is 3. The minimum Gasteiger partial charge on any atom is -0.503 e. The first-order valence-electron chi connectivity index (χ1n) is 9.75. The van der Waals surface area contributed by atoms with Crippen LogP contribution in [-0.2, 0) is 6.54 Å². The van der Waals surface area contributed by atoms with E-state index in [1.165, 1.54) is 16.8 Å². The van der Waals surface area contributed by atoms with E-state index in [9.17, 15) is 23.9 Å². The van der Waals surface area contributed by atoms with Gasteiger partial charge in [0.1, 0.15) is 11.4 Å². The van der Waals surface area contributed by atoms with Gasteiger partial charge in [-0.1, -0.05) is 12.1 Å². The molecule has 9 heteroatoms. The molecule has 1 fully saturated rings. The Kier molecular flexibility index (Phi) is 5.07. The van der Waals surface area contributed by atoms with Crippen molar-refractivity contribution in [1.29, 1.82) is 0 Å². The number of halogens is 1. The van der Waals surface area contributed by atoms with E-state index in [2.05, 4.69) is 10.2 Å². The largest absolute Gasteiger partial charge is 0.503 e. The minimum absolute atomic E-state index is 0.0901. The van der Waals surface area contributed by atoms with Gasteiger partial charge in [-0.2, -0.15) is 0 Å². The zero-order chi connectivity index (χ0) is 21.6. The van der Waals surface area contributed by atoms with Crippen LogP contribution in [0.25, 0.3) is 0 Å². The highest BCUT2D eigenvalue weighted by Gasteiger charge is 2.37. The van der Waals surface area contributed by atoms with Crippen LogP contribution in [0.3, 0.4) is 0 Å². The van der Waals surface area contributed by atoms with E-state index in [1.807, 2.05) is 7.05 Å². The normalized spacial score (nSPS) is 18.7. The molecule has 4 rings (SSSR count). The summed E-state index contributed by atoms with van der Waals surface area (Å²) in [6.07, 6.45) is 1.33. The fourth-order valence-electron chi connectivity index (χ4n) is 4.00. The smallest absolute Gasteiger partial charge is 0.274 e. The second-order valence-corrected chi connectivity index (χ2v) is 7.92. The molecule has 1 saturated heterocycles. The summed E-state index contributed by atoms with van der Waals surface area (Å²) < 4.78 is 15.6. The lowest BCUT2D eigenvalue weighted by atomic mass is 10.1. The standard InChI is InChI=1S/C21H23FN4O4/c1-12-3-4-13(16(22)7-12)8-23-20(29)15-11-26-14-9-24(2)5-6-25(10-14)21(30)17(26)19(28)18(15)27/h3-4,7,11,14,28H,5-6,8-10H2,1-2H3,(H,23,29). The maximum Gasteiger partial charge on any atom is 0.274 e. The second kappa shape index (κ2) is 7.56. The number of hydrogen-bond acceptors (Lipinski definition) is 5. The maximum absolute atomic E-state index is 14.0. The van der Waals surface area contributed by atoms with Gasteiger partial charge in [0.25, 0.3) is 11.8 Å². The predicted octanol–water partition coefficient (Wildman–Crippen LogP) is 0.874. The van der Waals surface area contributed by atoms with Gasteiger partial charge in [-0.3, -0.25) is 14.4 Å². The van der Waals surface area contributed by atoms with Crippen molar-refractivity contribution in [2.45, 2.75) is 19.5 Å².